The molecule has 0 atom stereocenters. The molecule has 1 aliphatic heterocycles. The molecule has 1 N–H and O–H groups in total. The molecule has 0 fully saturated rings. The molecule has 0 radical (unpaired) electrons. The van der Waals surface area contributed by atoms with Crippen LogP contribution in [0.2, 0.25) is 0 Å². The van der Waals surface area contributed by atoms with Crippen LogP contribution in [-0.2, 0) is 19.5 Å². The van der Waals surface area contributed by atoms with Crippen molar-refractivity contribution in [3.63, 3.8) is 0 Å². The molecular weight excluding hydrogens is 310 g/mol. The summed E-state index contributed by atoms with van der Waals surface area (Å²) in [4.78, 5) is 6.92. The summed E-state index contributed by atoms with van der Waals surface area (Å²) in [5.74, 6) is 1.44. The minimum Gasteiger partial charge on any atom is -0.350 e. The van der Waals surface area contributed by atoms with Gasteiger partial charge in [0.15, 0.2) is 5.82 Å². The number of hydrogen-bond donors (Lipinski definition) is 1. The first kappa shape index (κ1) is 15.6. The third-order valence-electron chi connectivity index (χ3n) is 4.70. The second-order valence-electron chi connectivity index (χ2n) is 6.36. The summed E-state index contributed by atoms with van der Waals surface area (Å²) in [6, 6.07) is 16.9. The van der Waals surface area contributed by atoms with Crippen LogP contribution in [0.1, 0.15) is 22.3 Å². The maximum Gasteiger partial charge on any atom is 0.244 e. The third kappa shape index (κ3) is 3.45. The fourth-order valence-corrected chi connectivity index (χ4v) is 3.20. The first-order chi connectivity index (χ1) is 12.3. The number of hydrogen-bond acceptors (Lipinski definition) is 5. The van der Waals surface area contributed by atoms with Crippen molar-refractivity contribution in [1.29, 1.82) is 0 Å². The normalized spacial score (nSPS) is 13.4. The summed E-state index contributed by atoms with van der Waals surface area (Å²) >= 11 is 0. The number of aromatic nitrogens is 3. The molecule has 3 aromatic rings. The fraction of sp³-hybridized carbons (Fsp3) is 0.250. The average Bonchev–Trinajstić information content (AvgIpc) is 2.67. The highest BCUT2D eigenvalue weighted by molar-refractivity contribution is 5.45. The zero-order valence-electron chi connectivity index (χ0n) is 14.3. The lowest BCUT2D eigenvalue weighted by Crippen LogP contribution is -2.31. The third-order valence-corrected chi connectivity index (χ3v) is 4.70. The number of rotatable bonds is 4. The molecular formula is C20H21N5. The topological polar surface area (TPSA) is 53.9 Å². The van der Waals surface area contributed by atoms with Gasteiger partial charge >= 0.3 is 0 Å². The van der Waals surface area contributed by atoms with Crippen molar-refractivity contribution < 1.29 is 0 Å². The maximum absolute atomic E-state index is 4.66. The van der Waals surface area contributed by atoms with Crippen molar-refractivity contribution in [3.05, 3.63) is 77.0 Å². The van der Waals surface area contributed by atoms with E-state index in [1.165, 1.54) is 22.3 Å². The molecule has 5 nitrogen and oxygen atoms in total. The van der Waals surface area contributed by atoms with Gasteiger partial charge in [-0.05, 0) is 35.6 Å². The lowest BCUT2D eigenvalue weighted by molar-refractivity contribution is 0.714. The summed E-state index contributed by atoms with van der Waals surface area (Å²) in [5, 5.41) is 11.5. The Hall–Kier alpha value is -2.95. The van der Waals surface area contributed by atoms with E-state index in [-0.39, 0.29) is 0 Å². The maximum atomic E-state index is 4.66. The van der Waals surface area contributed by atoms with Crippen LogP contribution in [-0.4, -0.2) is 21.7 Å². The van der Waals surface area contributed by atoms with Crippen molar-refractivity contribution in [2.45, 2.75) is 26.4 Å². The Kier molecular flexibility index (Phi) is 4.29. The molecule has 0 amide bonds. The molecule has 1 aliphatic rings. The van der Waals surface area contributed by atoms with Gasteiger partial charge in [0.1, 0.15) is 0 Å². The number of fused-ring (bicyclic) bond motifs is 1. The van der Waals surface area contributed by atoms with Gasteiger partial charge in [-0.15, -0.1) is 5.10 Å². The molecule has 0 bridgehead atoms. The molecule has 2 aromatic carbocycles. The van der Waals surface area contributed by atoms with E-state index in [0.29, 0.717) is 12.5 Å². The Bertz CT molecular complexity index is 877. The Labute approximate surface area is 147 Å². The summed E-state index contributed by atoms with van der Waals surface area (Å²) in [6.07, 6.45) is 2.78. The van der Waals surface area contributed by atoms with Gasteiger partial charge in [-0.2, -0.15) is 10.1 Å². The Morgan fingerprint density at radius 3 is 2.72 bits per heavy atom. The smallest absolute Gasteiger partial charge is 0.244 e. The molecule has 0 aliphatic carbocycles. The largest absolute Gasteiger partial charge is 0.350 e. The number of nitrogens with one attached hydrogen (secondary N) is 1. The molecule has 0 spiro atoms. The van der Waals surface area contributed by atoms with Crippen molar-refractivity contribution in [3.8, 4) is 0 Å². The van der Waals surface area contributed by atoms with E-state index in [1.54, 1.807) is 6.20 Å². The second kappa shape index (κ2) is 6.89. The highest BCUT2D eigenvalue weighted by Gasteiger charge is 2.17. The lowest BCUT2D eigenvalue weighted by Gasteiger charge is -2.29. The molecule has 2 heterocycles. The van der Waals surface area contributed by atoms with Crippen molar-refractivity contribution in [1.82, 2.24) is 15.2 Å². The van der Waals surface area contributed by atoms with Gasteiger partial charge < -0.3 is 10.2 Å². The summed E-state index contributed by atoms with van der Waals surface area (Å²) in [7, 11) is 0. The predicted octanol–water partition coefficient (Wildman–Crippen LogP) is 3.35. The van der Waals surface area contributed by atoms with E-state index >= 15 is 0 Å². The minimum atomic E-state index is 0.569. The van der Waals surface area contributed by atoms with Crippen LogP contribution in [0.15, 0.2) is 54.7 Å². The van der Waals surface area contributed by atoms with E-state index in [2.05, 4.69) is 68.7 Å². The monoisotopic (exact) mass is 331 g/mol. The molecule has 0 saturated carbocycles. The molecule has 25 heavy (non-hydrogen) atoms. The zero-order valence-corrected chi connectivity index (χ0v) is 14.3. The van der Waals surface area contributed by atoms with Gasteiger partial charge in [-0.1, -0.05) is 48.5 Å². The van der Waals surface area contributed by atoms with Crippen LogP contribution in [0.4, 0.5) is 11.8 Å². The van der Waals surface area contributed by atoms with Crippen molar-refractivity contribution in [2.24, 2.45) is 0 Å². The Balaban J connectivity index is 1.48. The number of nitrogens with zero attached hydrogens (tertiary/aromatic N) is 4. The number of aryl methyl sites for hydroxylation is 1. The second-order valence-corrected chi connectivity index (χ2v) is 6.36. The summed E-state index contributed by atoms with van der Waals surface area (Å²) in [6.45, 7) is 4.62. The summed E-state index contributed by atoms with van der Waals surface area (Å²) in [5.41, 5.74) is 5.29. The first-order valence-corrected chi connectivity index (χ1v) is 8.59. The minimum absolute atomic E-state index is 0.569. The fourth-order valence-electron chi connectivity index (χ4n) is 3.20. The number of anilines is 2. The lowest BCUT2D eigenvalue weighted by atomic mass is 10.0. The van der Waals surface area contributed by atoms with Crippen LogP contribution >= 0.6 is 0 Å². The first-order valence-electron chi connectivity index (χ1n) is 8.59. The molecule has 4 rings (SSSR count). The molecule has 1 aromatic heterocycles. The Morgan fingerprint density at radius 2 is 1.84 bits per heavy atom. The van der Waals surface area contributed by atoms with Gasteiger partial charge in [0.05, 0.1) is 6.20 Å². The van der Waals surface area contributed by atoms with Crippen molar-refractivity contribution in [2.75, 3.05) is 16.8 Å². The number of benzene rings is 2. The molecule has 5 heteroatoms. The van der Waals surface area contributed by atoms with Crippen LogP contribution in [0.5, 0.6) is 0 Å². The molecule has 0 unspecified atom stereocenters. The van der Waals surface area contributed by atoms with E-state index in [9.17, 15) is 0 Å². The predicted molar refractivity (Wildman–Crippen MR) is 99.5 cm³/mol. The Morgan fingerprint density at radius 1 is 1.04 bits per heavy atom. The van der Waals surface area contributed by atoms with Gasteiger partial charge in [0, 0.05) is 19.6 Å². The highest BCUT2D eigenvalue weighted by Crippen LogP contribution is 2.23. The van der Waals surface area contributed by atoms with Gasteiger partial charge in [-0.3, -0.25) is 0 Å². The van der Waals surface area contributed by atoms with Gasteiger partial charge in [-0.25, -0.2) is 0 Å². The summed E-state index contributed by atoms with van der Waals surface area (Å²) < 4.78 is 0. The van der Waals surface area contributed by atoms with Gasteiger partial charge in [0.2, 0.25) is 5.95 Å². The SMILES string of the molecule is Cc1ccccc1CNc1nncc(N2CCc3ccccc3C2)n1. The van der Waals surface area contributed by atoms with Crippen LogP contribution < -0.4 is 10.2 Å². The van der Waals surface area contributed by atoms with E-state index < -0.39 is 0 Å². The average molecular weight is 331 g/mol. The quantitative estimate of drug-likeness (QED) is 0.794. The van der Waals surface area contributed by atoms with Gasteiger partial charge in [0.25, 0.3) is 0 Å². The molecule has 0 saturated heterocycles. The zero-order chi connectivity index (χ0) is 17.1. The standard InChI is InChI=1S/C20H21N5/c1-15-6-2-3-8-17(15)12-21-20-23-19(13-22-24-20)25-11-10-16-7-4-5-9-18(16)14-25/h2-9,13H,10-12,14H2,1H3,(H,21,23,24). The van der Waals surface area contributed by atoms with E-state index in [1.807, 2.05) is 12.1 Å². The van der Waals surface area contributed by atoms with E-state index in [4.69, 9.17) is 0 Å². The van der Waals surface area contributed by atoms with E-state index in [0.717, 1.165) is 25.3 Å². The van der Waals surface area contributed by atoms with Crippen LogP contribution in [0.25, 0.3) is 0 Å². The van der Waals surface area contributed by atoms with Crippen LogP contribution in [0, 0.1) is 6.92 Å². The van der Waals surface area contributed by atoms with Crippen LogP contribution in [0.3, 0.4) is 0 Å². The van der Waals surface area contributed by atoms with Crippen molar-refractivity contribution >= 4 is 11.8 Å². The highest BCUT2D eigenvalue weighted by atomic mass is 15.3. The molecule has 126 valence electrons.